The zero-order valence-electron chi connectivity index (χ0n) is 9.03. The van der Waals surface area contributed by atoms with Crippen LogP contribution in [0.15, 0.2) is 6.07 Å². The lowest BCUT2D eigenvalue weighted by Crippen LogP contribution is -2.23. The van der Waals surface area contributed by atoms with Crippen LogP contribution in [0, 0.1) is 11.7 Å². The van der Waals surface area contributed by atoms with Crippen molar-refractivity contribution < 1.29 is 23.8 Å². The van der Waals surface area contributed by atoms with Gasteiger partial charge in [0.25, 0.3) is 0 Å². The van der Waals surface area contributed by atoms with Crippen LogP contribution in [-0.2, 0) is 17.6 Å². The highest BCUT2D eigenvalue weighted by molar-refractivity contribution is 5.71. The molecule has 5 heteroatoms. The summed E-state index contributed by atoms with van der Waals surface area (Å²) in [5, 5.41) is 8.97. The minimum atomic E-state index is -0.868. The van der Waals surface area contributed by atoms with Gasteiger partial charge in [0.1, 0.15) is 5.82 Å². The van der Waals surface area contributed by atoms with Gasteiger partial charge in [-0.15, -0.1) is 0 Å². The number of rotatable bonds is 1. The van der Waals surface area contributed by atoms with Gasteiger partial charge in [0, 0.05) is 11.6 Å². The van der Waals surface area contributed by atoms with Gasteiger partial charge in [0.05, 0.1) is 5.92 Å². The van der Waals surface area contributed by atoms with Gasteiger partial charge in [0.2, 0.25) is 6.79 Å². The largest absolute Gasteiger partial charge is 0.481 e. The first-order valence-electron chi connectivity index (χ1n) is 5.49. The fourth-order valence-corrected chi connectivity index (χ4v) is 2.48. The molecule has 0 aromatic heterocycles. The second-order valence-corrected chi connectivity index (χ2v) is 4.33. The van der Waals surface area contributed by atoms with Crippen molar-refractivity contribution in [1.82, 2.24) is 0 Å². The Morgan fingerprint density at radius 1 is 1.41 bits per heavy atom. The number of hydrogen-bond donors (Lipinski definition) is 1. The fourth-order valence-electron chi connectivity index (χ4n) is 2.48. The Kier molecular flexibility index (Phi) is 2.21. The van der Waals surface area contributed by atoms with Crippen molar-refractivity contribution in [1.29, 1.82) is 0 Å². The van der Waals surface area contributed by atoms with Gasteiger partial charge in [-0.05, 0) is 24.8 Å². The third kappa shape index (κ3) is 1.53. The summed E-state index contributed by atoms with van der Waals surface area (Å²) in [5.74, 6) is -0.749. The maximum atomic E-state index is 13.8. The van der Waals surface area contributed by atoms with Crippen molar-refractivity contribution in [3.8, 4) is 11.5 Å². The molecule has 4 nitrogen and oxygen atoms in total. The highest BCUT2D eigenvalue weighted by atomic mass is 19.1. The molecule has 1 unspecified atom stereocenters. The molecular formula is C12H11FO4. The Morgan fingerprint density at radius 3 is 3.00 bits per heavy atom. The number of benzene rings is 1. The maximum absolute atomic E-state index is 13.8. The summed E-state index contributed by atoms with van der Waals surface area (Å²) in [6, 6.07) is 1.28. The van der Waals surface area contributed by atoms with E-state index in [1.165, 1.54) is 6.07 Å². The Balaban J connectivity index is 2.06. The number of aliphatic carboxylic acids is 1. The molecule has 0 fully saturated rings. The van der Waals surface area contributed by atoms with E-state index in [2.05, 4.69) is 0 Å². The first-order valence-corrected chi connectivity index (χ1v) is 5.49. The second kappa shape index (κ2) is 3.61. The number of carbonyl (C=O) groups is 1. The van der Waals surface area contributed by atoms with Crippen molar-refractivity contribution >= 4 is 5.97 Å². The first kappa shape index (κ1) is 10.4. The van der Waals surface area contributed by atoms with E-state index in [4.69, 9.17) is 14.6 Å². The molecule has 0 saturated carbocycles. The Bertz CT molecular complexity index is 498. The molecule has 0 saturated heterocycles. The van der Waals surface area contributed by atoms with Gasteiger partial charge in [-0.1, -0.05) is 0 Å². The lowest BCUT2D eigenvalue weighted by atomic mass is 9.83. The SMILES string of the molecule is O=C(O)C1CCc2c(c(F)cc3c2OCO3)C1. The van der Waals surface area contributed by atoms with E-state index in [9.17, 15) is 9.18 Å². The summed E-state index contributed by atoms with van der Waals surface area (Å²) in [6.07, 6.45) is 1.27. The van der Waals surface area contributed by atoms with Crippen LogP contribution in [0.1, 0.15) is 17.5 Å². The monoisotopic (exact) mass is 238 g/mol. The van der Waals surface area contributed by atoms with Crippen molar-refractivity contribution in [2.24, 2.45) is 5.92 Å². The Morgan fingerprint density at radius 2 is 2.24 bits per heavy atom. The second-order valence-electron chi connectivity index (χ2n) is 4.33. The molecule has 3 rings (SSSR count). The van der Waals surface area contributed by atoms with Crippen LogP contribution in [0.3, 0.4) is 0 Å². The smallest absolute Gasteiger partial charge is 0.306 e. The van der Waals surface area contributed by atoms with Gasteiger partial charge < -0.3 is 14.6 Å². The van der Waals surface area contributed by atoms with Crippen molar-refractivity contribution in [3.63, 3.8) is 0 Å². The highest BCUT2D eigenvalue weighted by Crippen LogP contribution is 2.42. The predicted octanol–water partition coefficient (Wildman–Crippen LogP) is 1.74. The molecule has 0 radical (unpaired) electrons. The lowest BCUT2D eigenvalue weighted by Gasteiger charge is -2.22. The predicted molar refractivity (Wildman–Crippen MR) is 55.7 cm³/mol. The molecule has 1 aliphatic carbocycles. The summed E-state index contributed by atoms with van der Waals surface area (Å²) < 4.78 is 24.3. The fraction of sp³-hybridized carbons (Fsp3) is 0.417. The van der Waals surface area contributed by atoms with E-state index < -0.39 is 17.7 Å². The molecule has 1 aromatic carbocycles. The number of carboxylic acids is 1. The summed E-state index contributed by atoms with van der Waals surface area (Å²) in [4.78, 5) is 10.9. The minimum Gasteiger partial charge on any atom is -0.481 e. The Hall–Kier alpha value is -1.78. The minimum absolute atomic E-state index is 0.105. The molecule has 90 valence electrons. The van der Waals surface area contributed by atoms with Crippen molar-refractivity contribution in [2.45, 2.75) is 19.3 Å². The number of fused-ring (bicyclic) bond motifs is 3. The van der Waals surface area contributed by atoms with E-state index in [1.807, 2.05) is 0 Å². The molecule has 17 heavy (non-hydrogen) atoms. The van der Waals surface area contributed by atoms with E-state index in [0.29, 0.717) is 29.9 Å². The van der Waals surface area contributed by atoms with Crippen LogP contribution in [-0.4, -0.2) is 17.9 Å². The van der Waals surface area contributed by atoms with Gasteiger partial charge in [0.15, 0.2) is 11.5 Å². The van der Waals surface area contributed by atoms with Gasteiger partial charge in [-0.2, -0.15) is 0 Å². The van der Waals surface area contributed by atoms with Crippen LogP contribution in [0.5, 0.6) is 11.5 Å². The molecule has 0 bridgehead atoms. The first-order chi connectivity index (χ1) is 8.16. The summed E-state index contributed by atoms with van der Waals surface area (Å²) in [6.45, 7) is 0.105. The number of hydrogen-bond acceptors (Lipinski definition) is 3. The third-order valence-electron chi connectivity index (χ3n) is 3.37. The van der Waals surface area contributed by atoms with E-state index >= 15 is 0 Å². The number of halogens is 1. The van der Waals surface area contributed by atoms with Crippen LogP contribution in [0.2, 0.25) is 0 Å². The molecule has 2 aliphatic rings. The van der Waals surface area contributed by atoms with E-state index in [1.54, 1.807) is 0 Å². The molecule has 1 atom stereocenters. The highest BCUT2D eigenvalue weighted by Gasteiger charge is 2.32. The summed E-state index contributed by atoms with van der Waals surface area (Å²) >= 11 is 0. The molecule has 0 amide bonds. The van der Waals surface area contributed by atoms with Crippen LogP contribution in [0.25, 0.3) is 0 Å². The van der Waals surface area contributed by atoms with Crippen molar-refractivity contribution in [2.75, 3.05) is 6.79 Å². The molecule has 1 aromatic rings. The van der Waals surface area contributed by atoms with Crippen LogP contribution in [0.4, 0.5) is 4.39 Å². The van der Waals surface area contributed by atoms with Gasteiger partial charge >= 0.3 is 5.97 Å². The molecule has 1 N–H and O–H groups in total. The Labute approximate surface area is 97.0 Å². The topological polar surface area (TPSA) is 55.8 Å². The quantitative estimate of drug-likeness (QED) is 0.809. The van der Waals surface area contributed by atoms with Crippen molar-refractivity contribution in [3.05, 3.63) is 23.0 Å². The summed E-state index contributed by atoms with van der Waals surface area (Å²) in [5.41, 5.74) is 1.24. The average Bonchev–Trinajstić information content (AvgIpc) is 2.76. The van der Waals surface area contributed by atoms with Crippen LogP contribution < -0.4 is 9.47 Å². The molecule has 1 aliphatic heterocycles. The third-order valence-corrected chi connectivity index (χ3v) is 3.37. The van der Waals surface area contributed by atoms with Gasteiger partial charge in [-0.25, -0.2) is 4.39 Å². The maximum Gasteiger partial charge on any atom is 0.306 e. The van der Waals surface area contributed by atoms with E-state index in [0.717, 1.165) is 5.56 Å². The summed E-state index contributed by atoms with van der Waals surface area (Å²) in [7, 11) is 0. The standard InChI is InChI=1S/C12H11FO4/c13-9-4-10-11(17-5-16-10)7-2-1-6(12(14)15)3-8(7)9/h4,6H,1-3,5H2,(H,14,15). The number of carboxylic acid groups (broad SMARTS) is 1. The van der Waals surface area contributed by atoms with Crippen LogP contribution >= 0.6 is 0 Å². The number of ether oxygens (including phenoxy) is 2. The zero-order valence-corrected chi connectivity index (χ0v) is 9.03. The molecule has 1 heterocycles. The average molecular weight is 238 g/mol. The molecular weight excluding hydrogens is 227 g/mol. The van der Waals surface area contributed by atoms with E-state index in [-0.39, 0.29) is 13.2 Å². The lowest BCUT2D eigenvalue weighted by molar-refractivity contribution is -0.142. The zero-order chi connectivity index (χ0) is 12.0. The molecule has 0 spiro atoms. The van der Waals surface area contributed by atoms with Gasteiger partial charge in [-0.3, -0.25) is 4.79 Å². The normalized spacial score (nSPS) is 21.1.